The number of carbonyl (C=O) groups is 3. The quantitative estimate of drug-likeness (QED) is 0.728. The number of rotatable bonds is 7. The van der Waals surface area contributed by atoms with Gasteiger partial charge in [-0.25, -0.2) is 5.01 Å². The summed E-state index contributed by atoms with van der Waals surface area (Å²) in [5, 5.41) is 9.01. The Morgan fingerprint density at radius 1 is 1.00 bits per heavy atom. The fraction of sp³-hybridized carbons (Fsp3) is 0.583. The van der Waals surface area contributed by atoms with Crippen LogP contribution < -0.4 is 5.32 Å². The molecule has 0 radical (unpaired) electrons. The van der Waals surface area contributed by atoms with Crippen LogP contribution in [0.25, 0.3) is 0 Å². The lowest BCUT2D eigenvalue weighted by Crippen LogP contribution is -2.45. The average molecular weight is 427 g/mol. The number of nitrogens with one attached hydrogen (secondary N) is 1. The maximum atomic E-state index is 12.6. The fourth-order valence-electron chi connectivity index (χ4n) is 3.87. The molecule has 2 aliphatic heterocycles. The number of nitrogens with zero attached hydrogens (tertiary/aromatic N) is 3. The smallest absolute Gasteiger partial charge is 0.243 e. The first kappa shape index (κ1) is 23.0. The fourth-order valence-corrected chi connectivity index (χ4v) is 3.87. The number of likely N-dealkylation sites (tertiary alicyclic amines) is 1. The molecule has 3 rings (SSSR count). The first-order valence-electron chi connectivity index (χ1n) is 11.4. The highest BCUT2D eigenvalue weighted by atomic mass is 16.2. The zero-order valence-electron chi connectivity index (χ0n) is 18.8. The van der Waals surface area contributed by atoms with E-state index in [1.165, 1.54) is 5.01 Å². The number of hydrazone groups is 1. The molecule has 2 heterocycles. The van der Waals surface area contributed by atoms with Gasteiger partial charge < -0.3 is 10.2 Å². The van der Waals surface area contributed by atoms with E-state index in [1.807, 2.05) is 37.3 Å². The first-order valence-corrected chi connectivity index (χ1v) is 11.4. The molecule has 168 valence electrons. The van der Waals surface area contributed by atoms with Crippen LogP contribution in [0.2, 0.25) is 0 Å². The van der Waals surface area contributed by atoms with Crippen LogP contribution in [0, 0.1) is 11.8 Å². The van der Waals surface area contributed by atoms with Crippen LogP contribution in [-0.2, 0) is 14.4 Å². The van der Waals surface area contributed by atoms with Gasteiger partial charge in [-0.05, 0) is 31.2 Å². The lowest BCUT2D eigenvalue weighted by atomic mass is 9.94. The van der Waals surface area contributed by atoms with Crippen molar-refractivity contribution in [1.82, 2.24) is 15.2 Å². The molecule has 1 unspecified atom stereocenters. The van der Waals surface area contributed by atoms with Gasteiger partial charge in [-0.1, -0.05) is 44.2 Å². The van der Waals surface area contributed by atoms with Crippen LogP contribution in [-0.4, -0.2) is 59.0 Å². The summed E-state index contributed by atoms with van der Waals surface area (Å²) in [6, 6.07) is 9.99. The second-order valence-corrected chi connectivity index (χ2v) is 8.88. The second kappa shape index (κ2) is 10.6. The molecule has 31 heavy (non-hydrogen) atoms. The molecular formula is C24H34N4O3. The number of amides is 3. The van der Waals surface area contributed by atoms with Crippen LogP contribution >= 0.6 is 0 Å². The van der Waals surface area contributed by atoms with Crippen molar-refractivity contribution in [2.45, 2.75) is 58.9 Å². The standard InChI is InChI=1S/C24H34N4O3/c1-17(2)18(3)25-24(31)20-11-14-27(15-12-20)22(29)9-10-23(30)28-16-13-21(26-28)19-7-5-4-6-8-19/h4-8,17-18,20H,9-16H2,1-3H3,(H,25,31). The second-order valence-electron chi connectivity index (χ2n) is 8.88. The van der Waals surface area contributed by atoms with Gasteiger partial charge in [-0.15, -0.1) is 0 Å². The first-order chi connectivity index (χ1) is 14.8. The monoisotopic (exact) mass is 426 g/mol. The maximum Gasteiger partial charge on any atom is 0.243 e. The molecule has 7 heteroatoms. The van der Waals surface area contributed by atoms with Crippen LogP contribution in [0.15, 0.2) is 35.4 Å². The Morgan fingerprint density at radius 2 is 1.65 bits per heavy atom. The van der Waals surface area contributed by atoms with Crippen molar-refractivity contribution in [3.8, 4) is 0 Å². The number of hydrogen-bond acceptors (Lipinski definition) is 4. The van der Waals surface area contributed by atoms with E-state index >= 15 is 0 Å². The summed E-state index contributed by atoms with van der Waals surface area (Å²) >= 11 is 0. The number of carbonyl (C=O) groups excluding carboxylic acids is 3. The minimum absolute atomic E-state index is 0.0192. The normalized spacial score (nSPS) is 18.1. The Labute approximate surface area is 184 Å². The van der Waals surface area contributed by atoms with Crippen molar-refractivity contribution >= 4 is 23.4 Å². The van der Waals surface area contributed by atoms with Crippen LogP contribution in [0.4, 0.5) is 0 Å². The zero-order valence-corrected chi connectivity index (χ0v) is 18.8. The minimum Gasteiger partial charge on any atom is -0.353 e. The molecule has 3 amide bonds. The van der Waals surface area contributed by atoms with Crippen LogP contribution in [0.1, 0.15) is 58.4 Å². The van der Waals surface area contributed by atoms with E-state index in [0.717, 1.165) is 17.7 Å². The lowest BCUT2D eigenvalue weighted by molar-refractivity contribution is -0.138. The minimum atomic E-state index is -0.115. The van der Waals surface area contributed by atoms with E-state index in [-0.39, 0.29) is 42.5 Å². The topological polar surface area (TPSA) is 82.1 Å². The van der Waals surface area contributed by atoms with Crippen molar-refractivity contribution in [3.63, 3.8) is 0 Å². The Morgan fingerprint density at radius 3 is 2.29 bits per heavy atom. The summed E-state index contributed by atoms with van der Waals surface area (Å²) in [5.41, 5.74) is 1.94. The van der Waals surface area contributed by atoms with Gasteiger partial charge >= 0.3 is 0 Å². The molecule has 1 saturated heterocycles. The van der Waals surface area contributed by atoms with Crippen LogP contribution in [0.3, 0.4) is 0 Å². The Bertz CT molecular complexity index is 813. The molecule has 0 aromatic heterocycles. The zero-order chi connectivity index (χ0) is 22.4. The van der Waals surface area contributed by atoms with Gasteiger partial charge in [0.15, 0.2) is 0 Å². The molecule has 1 atom stereocenters. The van der Waals surface area contributed by atoms with Crippen molar-refractivity contribution in [2.24, 2.45) is 16.9 Å². The molecular weight excluding hydrogens is 392 g/mol. The summed E-state index contributed by atoms with van der Waals surface area (Å²) < 4.78 is 0. The number of hydrogen-bond donors (Lipinski definition) is 1. The molecule has 0 bridgehead atoms. The van der Waals surface area contributed by atoms with Gasteiger partial charge in [-0.2, -0.15) is 5.10 Å². The summed E-state index contributed by atoms with van der Waals surface area (Å²) in [7, 11) is 0. The van der Waals surface area contributed by atoms with Crippen molar-refractivity contribution < 1.29 is 14.4 Å². The Balaban J connectivity index is 1.41. The molecule has 0 spiro atoms. The SMILES string of the molecule is CC(C)C(C)NC(=O)C1CCN(C(=O)CCC(=O)N2CCC(c3ccccc3)=N2)CC1. The Hall–Kier alpha value is -2.70. The van der Waals surface area contributed by atoms with Gasteiger partial charge in [0.2, 0.25) is 17.7 Å². The van der Waals surface area contributed by atoms with Gasteiger partial charge in [0.1, 0.15) is 0 Å². The van der Waals surface area contributed by atoms with Gasteiger partial charge in [-0.3, -0.25) is 14.4 Å². The van der Waals surface area contributed by atoms with E-state index in [0.29, 0.717) is 38.4 Å². The molecule has 1 N–H and O–H groups in total. The summed E-state index contributed by atoms with van der Waals surface area (Å²) in [5.74, 6) is 0.309. The molecule has 1 aromatic carbocycles. The third-order valence-corrected chi connectivity index (χ3v) is 6.34. The lowest BCUT2D eigenvalue weighted by Gasteiger charge is -2.32. The maximum absolute atomic E-state index is 12.6. The van der Waals surface area contributed by atoms with Gasteiger partial charge in [0.25, 0.3) is 0 Å². The predicted molar refractivity (Wildman–Crippen MR) is 120 cm³/mol. The highest BCUT2D eigenvalue weighted by molar-refractivity contribution is 6.02. The highest BCUT2D eigenvalue weighted by Gasteiger charge is 2.29. The van der Waals surface area contributed by atoms with E-state index < -0.39 is 0 Å². The third-order valence-electron chi connectivity index (χ3n) is 6.34. The van der Waals surface area contributed by atoms with Crippen LogP contribution in [0.5, 0.6) is 0 Å². The highest BCUT2D eigenvalue weighted by Crippen LogP contribution is 2.20. The summed E-state index contributed by atoms with van der Waals surface area (Å²) in [6.07, 6.45) is 2.43. The van der Waals surface area contributed by atoms with Gasteiger partial charge in [0, 0.05) is 44.3 Å². The van der Waals surface area contributed by atoms with E-state index in [2.05, 4.69) is 24.3 Å². The summed E-state index contributed by atoms with van der Waals surface area (Å²) in [4.78, 5) is 39.3. The van der Waals surface area contributed by atoms with E-state index in [1.54, 1.807) is 4.90 Å². The third kappa shape index (κ3) is 6.15. The number of benzene rings is 1. The molecule has 1 aromatic rings. The largest absolute Gasteiger partial charge is 0.353 e. The molecule has 1 fully saturated rings. The summed E-state index contributed by atoms with van der Waals surface area (Å²) in [6.45, 7) is 7.90. The molecule has 0 saturated carbocycles. The van der Waals surface area contributed by atoms with E-state index in [9.17, 15) is 14.4 Å². The molecule has 2 aliphatic rings. The predicted octanol–water partition coefficient (Wildman–Crippen LogP) is 2.80. The average Bonchev–Trinajstić information content (AvgIpc) is 3.28. The molecule has 7 nitrogen and oxygen atoms in total. The van der Waals surface area contributed by atoms with Crippen molar-refractivity contribution in [3.05, 3.63) is 35.9 Å². The van der Waals surface area contributed by atoms with E-state index in [4.69, 9.17) is 0 Å². The Kier molecular flexibility index (Phi) is 7.82. The van der Waals surface area contributed by atoms with Gasteiger partial charge in [0.05, 0.1) is 12.3 Å². The van der Waals surface area contributed by atoms with Crippen molar-refractivity contribution in [1.29, 1.82) is 0 Å². The van der Waals surface area contributed by atoms with Crippen molar-refractivity contribution in [2.75, 3.05) is 19.6 Å². The molecule has 0 aliphatic carbocycles. The number of piperidine rings is 1.